The molecule has 0 bridgehead atoms. The van der Waals surface area contributed by atoms with Crippen LogP contribution in [0.15, 0.2) is 24.3 Å². The number of hydrogen-bond acceptors (Lipinski definition) is 7. The highest BCUT2D eigenvalue weighted by Gasteiger charge is 2.47. The molecule has 0 amide bonds. The van der Waals surface area contributed by atoms with E-state index in [4.69, 9.17) is 9.47 Å². The molecule has 7 nitrogen and oxygen atoms in total. The molecule has 1 fully saturated rings. The van der Waals surface area contributed by atoms with Crippen molar-refractivity contribution in [3.63, 3.8) is 0 Å². The van der Waals surface area contributed by atoms with Gasteiger partial charge in [0.25, 0.3) is 0 Å². The molecule has 1 saturated heterocycles. The zero-order valence-corrected chi connectivity index (χ0v) is 10.9. The third kappa shape index (κ3) is 2.73. The molecule has 0 unspecified atom stereocenters. The SMILES string of the molecule is COC(=O)[C@@H]1OC(c2ccc(O)cc2)O[C@H]1C(=O)OC. The molecular weight excluding hydrogens is 268 g/mol. The number of phenolic OH excluding ortho intramolecular Hbond substituents is 1. The number of aromatic hydroxyl groups is 1. The van der Waals surface area contributed by atoms with Gasteiger partial charge < -0.3 is 24.1 Å². The Labute approximate surface area is 115 Å². The molecule has 0 aliphatic carbocycles. The summed E-state index contributed by atoms with van der Waals surface area (Å²) in [5, 5.41) is 9.23. The van der Waals surface area contributed by atoms with Crippen molar-refractivity contribution in [2.45, 2.75) is 18.5 Å². The van der Waals surface area contributed by atoms with Gasteiger partial charge >= 0.3 is 11.9 Å². The maximum atomic E-state index is 11.6. The van der Waals surface area contributed by atoms with Crippen LogP contribution in [0.3, 0.4) is 0 Å². The van der Waals surface area contributed by atoms with Crippen molar-refractivity contribution in [1.82, 2.24) is 0 Å². The fourth-order valence-corrected chi connectivity index (χ4v) is 1.82. The van der Waals surface area contributed by atoms with Gasteiger partial charge in [0.05, 0.1) is 14.2 Å². The highest BCUT2D eigenvalue weighted by molar-refractivity contribution is 5.86. The molecule has 0 aromatic heterocycles. The quantitative estimate of drug-likeness (QED) is 0.808. The first-order chi connectivity index (χ1) is 9.56. The Morgan fingerprint density at radius 2 is 1.45 bits per heavy atom. The van der Waals surface area contributed by atoms with Crippen LogP contribution in [0.1, 0.15) is 11.9 Å². The molecule has 1 aliphatic heterocycles. The van der Waals surface area contributed by atoms with Crippen LogP contribution in [-0.4, -0.2) is 43.5 Å². The van der Waals surface area contributed by atoms with E-state index in [0.29, 0.717) is 5.56 Å². The number of benzene rings is 1. The van der Waals surface area contributed by atoms with Crippen molar-refractivity contribution < 1.29 is 33.6 Å². The summed E-state index contributed by atoms with van der Waals surface area (Å²) in [4.78, 5) is 23.2. The molecule has 0 saturated carbocycles. The maximum absolute atomic E-state index is 11.6. The second-order valence-corrected chi connectivity index (χ2v) is 4.08. The molecule has 1 N–H and O–H groups in total. The lowest BCUT2D eigenvalue weighted by molar-refractivity contribution is -0.160. The lowest BCUT2D eigenvalue weighted by Crippen LogP contribution is -2.38. The summed E-state index contributed by atoms with van der Waals surface area (Å²) in [6.45, 7) is 0. The van der Waals surface area contributed by atoms with Crippen LogP contribution in [0.4, 0.5) is 0 Å². The first-order valence-electron chi connectivity index (χ1n) is 5.82. The van der Waals surface area contributed by atoms with E-state index in [2.05, 4.69) is 9.47 Å². The molecule has 0 radical (unpaired) electrons. The van der Waals surface area contributed by atoms with Gasteiger partial charge in [-0.1, -0.05) is 12.1 Å². The van der Waals surface area contributed by atoms with Crippen molar-refractivity contribution >= 4 is 11.9 Å². The third-order valence-electron chi connectivity index (χ3n) is 2.85. The number of methoxy groups -OCH3 is 2. The van der Waals surface area contributed by atoms with Gasteiger partial charge in [0.1, 0.15) is 5.75 Å². The zero-order chi connectivity index (χ0) is 14.7. The largest absolute Gasteiger partial charge is 0.508 e. The molecule has 20 heavy (non-hydrogen) atoms. The summed E-state index contributed by atoms with van der Waals surface area (Å²) in [5.74, 6) is -1.36. The maximum Gasteiger partial charge on any atom is 0.338 e. The molecule has 0 spiro atoms. The Bertz CT molecular complexity index is 472. The van der Waals surface area contributed by atoms with E-state index in [1.54, 1.807) is 12.1 Å². The van der Waals surface area contributed by atoms with Gasteiger partial charge in [-0.15, -0.1) is 0 Å². The highest BCUT2D eigenvalue weighted by atomic mass is 16.8. The summed E-state index contributed by atoms with van der Waals surface area (Å²) in [6.07, 6.45) is -3.29. The van der Waals surface area contributed by atoms with E-state index >= 15 is 0 Å². The molecule has 1 heterocycles. The second kappa shape index (κ2) is 5.89. The summed E-state index contributed by atoms with van der Waals surface area (Å²) < 4.78 is 19.9. The van der Waals surface area contributed by atoms with Crippen molar-refractivity contribution in [3.8, 4) is 5.75 Å². The fraction of sp³-hybridized carbons (Fsp3) is 0.385. The summed E-state index contributed by atoms with van der Waals surface area (Å²) in [5.41, 5.74) is 0.558. The third-order valence-corrected chi connectivity index (χ3v) is 2.85. The topological polar surface area (TPSA) is 91.3 Å². The predicted molar refractivity (Wildman–Crippen MR) is 64.6 cm³/mol. The molecule has 2 atom stereocenters. The van der Waals surface area contributed by atoms with Crippen LogP contribution in [0.25, 0.3) is 0 Å². The van der Waals surface area contributed by atoms with Gasteiger partial charge in [0, 0.05) is 5.56 Å². The van der Waals surface area contributed by atoms with E-state index in [0.717, 1.165) is 0 Å². The normalized spacial score (nSPS) is 22.5. The number of rotatable bonds is 3. The van der Waals surface area contributed by atoms with Crippen LogP contribution in [-0.2, 0) is 28.5 Å². The van der Waals surface area contributed by atoms with E-state index in [1.165, 1.54) is 26.4 Å². The van der Waals surface area contributed by atoms with Crippen molar-refractivity contribution in [2.75, 3.05) is 14.2 Å². The van der Waals surface area contributed by atoms with Crippen molar-refractivity contribution in [2.24, 2.45) is 0 Å². The van der Waals surface area contributed by atoms with Gasteiger partial charge in [-0.25, -0.2) is 9.59 Å². The molecule has 2 rings (SSSR count). The van der Waals surface area contributed by atoms with Crippen LogP contribution in [0.2, 0.25) is 0 Å². The Balaban J connectivity index is 2.20. The minimum absolute atomic E-state index is 0.0841. The monoisotopic (exact) mass is 282 g/mol. The minimum atomic E-state index is -1.19. The van der Waals surface area contributed by atoms with E-state index in [1.807, 2.05) is 0 Å². The average Bonchev–Trinajstić information content (AvgIpc) is 2.91. The van der Waals surface area contributed by atoms with Crippen LogP contribution >= 0.6 is 0 Å². The molecule has 1 aromatic rings. The van der Waals surface area contributed by atoms with Gasteiger partial charge in [0.2, 0.25) is 0 Å². The predicted octanol–water partition coefficient (Wildman–Crippen LogP) is 0.521. The number of phenols is 1. The Kier molecular flexibility index (Phi) is 4.21. The molecule has 108 valence electrons. The smallest absolute Gasteiger partial charge is 0.338 e. The summed E-state index contributed by atoms with van der Waals surface area (Å²) >= 11 is 0. The Hall–Kier alpha value is -2.12. The van der Waals surface area contributed by atoms with Gasteiger partial charge in [0.15, 0.2) is 18.5 Å². The number of esters is 2. The molecular formula is C13H14O7. The number of carbonyl (C=O) groups is 2. The summed E-state index contributed by atoms with van der Waals surface area (Å²) in [6, 6.07) is 6.02. The van der Waals surface area contributed by atoms with E-state index in [-0.39, 0.29) is 5.75 Å². The Morgan fingerprint density at radius 1 is 1.00 bits per heavy atom. The lowest BCUT2D eigenvalue weighted by Gasteiger charge is -2.11. The highest BCUT2D eigenvalue weighted by Crippen LogP contribution is 2.33. The van der Waals surface area contributed by atoms with Crippen LogP contribution in [0, 0.1) is 0 Å². The number of carbonyl (C=O) groups excluding carboxylic acids is 2. The molecule has 1 aromatic carbocycles. The van der Waals surface area contributed by atoms with Crippen LogP contribution in [0.5, 0.6) is 5.75 Å². The number of hydrogen-bond donors (Lipinski definition) is 1. The van der Waals surface area contributed by atoms with Gasteiger partial charge in [-0.2, -0.15) is 0 Å². The van der Waals surface area contributed by atoms with Crippen LogP contribution < -0.4 is 0 Å². The second-order valence-electron chi connectivity index (χ2n) is 4.08. The minimum Gasteiger partial charge on any atom is -0.508 e. The van der Waals surface area contributed by atoms with E-state index in [9.17, 15) is 14.7 Å². The number of ether oxygens (including phenoxy) is 4. The molecule has 1 aliphatic rings. The van der Waals surface area contributed by atoms with Crippen molar-refractivity contribution in [3.05, 3.63) is 29.8 Å². The van der Waals surface area contributed by atoms with Crippen molar-refractivity contribution in [1.29, 1.82) is 0 Å². The average molecular weight is 282 g/mol. The van der Waals surface area contributed by atoms with Gasteiger partial charge in [-0.3, -0.25) is 0 Å². The van der Waals surface area contributed by atoms with Gasteiger partial charge in [-0.05, 0) is 12.1 Å². The first-order valence-corrected chi connectivity index (χ1v) is 5.82. The first kappa shape index (κ1) is 14.3. The lowest BCUT2D eigenvalue weighted by atomic mass is 10.2. The van der Waals surface area contributed by atoms with E-state index < -0.39 is 30.4 Å². The zero-order valence-electron chi connectivity index (χ0n) is 10.9. The summed E-state index contributed by atoms with van der Waals surface area (Å²) in [7, 11) is 2.38. The fourth-order valence-electron chi connectivity index (χ4n) is 1.82. The molecule has 7 heteroatoms. The Morgan fingerprint density at radius 3 is 1.85 bits per heavy atom. The standard InChI is InChI=1S/C13H14O7/c1-17-11(15)9-10(12(16)18-2)20-13(19-9)7-3-5-8(14)6-4-7/h3-6,9-10,13-14H,1-2H3/t9-,10-/m1/s1.